The normalized spacial score (nSPS) is 20.2. The van der Waals surface area contributed by atoms with Crippen LogP contribution in [-0.2, 0) is 9.53 Å². The van der Waals surface area contributed by atoms with Crippen LogP contribution in [0.5, 0.6) is 0 Å². The highest BCUT2D eigenvalue weighted by atomic mass is 32.1. The largest absolute Gasteiger partial charge is 0.481 e. The van der Waals surface area contributed by atoms with Gasteiger partial charge < -0.3 is 14.7 Å². The second-order valence-corrected chi connectivity index (χ2v) is 7.79. The lowest BCUT2D eigenvalue weighted by Gasteiger charge is -2.39. The number of hydrogen-bond acceptors (Lipinski definition) is 4. The first kappa shape index (κ1) is 18.6. The molecular weight excluding hydrogens is 350 g/mol. The average Bonchev–Trinajstić information content (AvgIpc) is 3.11. The number of hydrogen-bond donors (Lipinski definition) is 1. The lowest BCUT2D eigenvalue weighted by molar-refractivity contribution is -0.155. The summed E-state index contributed by atoms with van der Waals surface area (Å²) in [5.41, 5.74) is 2.04. The van der Waals surface area contributed by atoms with Crippen LogP contribution in [0.25, 0.3) is 11.1 Å². The number of carboxylic acid groups (broad SMARTS) is 1. The maximum absolute atomic E-state index is 13.1. The number of likely N-dealkylation sites (tertiary alicyclic amines) is 1. The number of carboxylic acids is 1. The van der Waals surface area contributed by atoms with Crippen molar-refractivity contribution in [2.75, 3.05) is 26.8 Å². The van der Waals surface area contributed by atoms with Gasteiger partial charge in [-0.2, -0.15) is 0 Å². The molecule has 1 fully saturated rings. The summed E-state index contributed by atoms with van der Waals surface area (Å²) in [6.07, 6.45) is 1.18. The number of benzene rings is 1. The van der Waals surface area contributed by atoms with Crippen molar-refractivity contribution in [1.82, 2.24) is 4.90 Å². The first-order valence-corrected chi connectivity index (χ1v) is 9.51. The lowest BCUT2D eigenvalue weighted by Crippen LogP contribution is -2.52. The van der Waals surface area contributed by atoms with Gasteiger partial charge >= 0.3 is 5.97 Å². The molecule has 0 bridgehead atoms. The molecule has 5 nitrogen and oxygen atoms in total. The Labute approximate surface area is 157 Å². The van der Waals surface area contributed by atoms with Crippen LogP contribution < -0.4 is 0 Å². The maximum atomic E-state index is 13.1. The van der Waals surface area contributed by atoms with Gasteiger partial charge in [-0.1, -0.05) is 29.8 Å². The molecule has 1 aromatic heterocycles. The quantitative estimate of drug-likeness (QED) is 0.868. The summed E-state index contributed by atoms with van der Waals surface area (Å²) >= 11 is 1.40. The fourth-order valence-corrected chi connectivity index (χ4v) is 4.40. The number of amides is 1. The molecule has 2 heterocycles. The molecule has 138 valence electrons. The highest BCUT2D eigenvalue weighted by Crippen LogP contribution is 2.34. The summed E-state index contributed by atoms with van der Waals surface area (Å²) in [5, 5.41) is 11.6. The Kier molecular flexibility index (Phi) is 5.44. The number of methoxy groups -OCH3 is 1. The molecule has 1 aliphatic heterocycles. The van der Waals surface area contributed by atoms with Gasteiger partial charge in [-0.3, -0.25) is 9.59 Å². The molecular formula is C20H23NO4S. The second kappa shape index (κ2) is 7.60. The summed E-state index contributed by atoms with van der Waals surface area (Å²) in [6.45, 7) is 2.89. The fraction of sp³-hybridized carbons (Fsp3) is 0.400. The zero-order chi connectivity index (χ0) is 18.7. The number of rotatable bonds is 5. The summed E-state index contributed by atoms with van der Waals surface area (Å²) in [7, 11) is 1.50. The van der Waals surface area contributed by atoms with Crippen molar-refractivity contribution >= 4 is 23.2 Å². The number of piperidine rings is 1. The van der Waals surface area contributed by atoms with Crippen LogP contribution >= 0.6 is 11.3 Å². The van der Waals surface area contributed by atoms with Gasteiger partial charge in [-0.15, -0.1) is 11.3 Å². The van der Waals surface area contributed by atoms with Crippen LogP contribution in [-0.4, -0.2) is 48.7 Å². The molecule has 1 saturated heterocycles. The third-order valence-corrected chi connectivity index (χ3v) is 5.86. The van der Waals surface area contributed by atoms with E-state index in [1.807, 2.05) is 42.6 Å². The van der Waals surface area contributed by atoms with E-state index in [0.717, 1.165) is 11.1 Å². The summed E-state index contributed by atoms with van der Waals surface area (Å²) in [5.74, 6) is -1.00. The van der Waals surface area contributed by atoms with Gasteiger partial charge in [0.2, 0.25) is 0 Å². The van der Waals surface area contributed by atoms with Crippen molar-refractivity contribution < 1.29 is 19.4 Å². The third-order valence-electron chi connectivity index (χ3n) is 4.96. The topological polar surface area (TPSA) is 66.8 Å². The Morgan fingerprint density at radius 1 is 1.27 bits per heavy atom. The van der Waals surface area contributed by atoms with Crippen molar-refractivity contribution in [3.8, 4) is 11.1 Å². The monoisotopic (exact) mass is 373 g/mol. The first-order valence-electron chi connectivity index (χ1n) is 8.63. The average molecular weight is 373 g/mol. The zero-order valence-corrected chi connectivity index (χ0v) is 15.8. The fourth-order valence-electron chi connectivity index (χ4n) is 3.51. The van der Waals surface area contributed by atoms with Crippen LogP contribution in [0.15, 0.2) is 35.7 Å². The molecule has 26 heavy (non-hydrogen) atoms. The standard InChI is InChI=1S/C20H23NO4S/c1-14-4-6-15(7-5-14)16-8-11-26-17(16)18(22)21-10-3-9-20(12-21,13-25-2)19(23)24/h4-8,11H,3,9-10,12-13H2,1-2H3,(H,23,24). The van der Waals surface area contributed by atoms with Crippen LogP contribution in [0.4, 0.5) is 0 Å². The molecule has 0 spiro atoms. The molecule has 0 aliphatic carbocycles. The van der Waals surface area contributed by atoms with E-state index in [2.05, 4.69) is 0 Å². The van der Waals surface area contributed by atoms with Crippen molar-refractivity contribution in [3.63, 3.8) is 0 Å². The Morgan fingerprint density at radius 3 is 2.65 bits per heavy atom. The van der Waals surface area contributed by atoms with Crippen molar-refractivity contribution in [2.24, 2.45) is 5.41 Å². The minimum Gasteiger partial charge on any atom is -0.481 e. The van der Waals surface area contributed by atoms with E-state index in [1.54, 1.807) is 4.90 Å². The van der Waals surface area contributed by atoms with Gasteiger partial charge in [0.15, 0.2) is 0 Å². The van der Waals surface area contributed by atoms with Crippen LogP contribution in [0.2, 0.25) is 0 Å². The third kappa shape index (κ3) is 3.52. The zero-order valence-electron chi connectivity index (χ0n) is 15.0. The highest BCUT2D eigenvalue weighted by Gasteiger charge is 2.44. The van der Waals surface area contributed by atoms with E-state index in [-0.39, 0.29) is 19.1 Å². The van der Waals surface area contributed by atoms with Crippen molar-refractivity contribution in [2.45, 2.75) is 19.8 Å². The van der Waals surface area contributed by atoms with E-state index in [4.69, 9.17) is 4.74 Å². The minimum absolute atomic E-state index is 0.1000. The van der Waals surface area contributed by atoms with Gasteiger partial charge in [0.05, 0.1) is 11.5 Å². The summed E-state index contributed by atoms with van der Waals surface area (Å²) in [4.78, 5) is 27.3. The molecule has 1 unspecified atom stereocenters. The van der Waals surface area contributed by atoms with Crippen molar-refractivity contribution in [3.05, 3.63) is 46.2 Å². The Morgan fingerprint density at radius 2 is 2.00 bits per heavy atom. The van der Waals surface area contributed by atoms with Crippen LogP contribution in [0.3, 0.4) is 0 Å². The Bertz CT molecular complexity index is 794. The predicted molar refractivity (Wildman–Crippen MR) is 102 cm³/mol. The van der Waals surface area contributed by atoms with E-state index in [0.29, 0.717) is 24.3 Å². The molecule has 1 aliphatic rings. The number of ether oxygens (including phenoxy) is 1. The lowest BCUT2D eigenvalue weighted by atomic mass is 9.80. The first-order chi connectivity index (χ1) is 12.5. The molecule has 0 saturated carbocycles. The molecule has 1 atom stereocenters. The SMILES string of the molecule is COCC1(C(=O)O)CCCN(C(=O)c2sccc2-c2ccc(C)cc2)C1. The number of nitrogens with zero attached hydrogens (tertiary/aromatic N) is 1. The molecule has 2 aromatic rings. The van der Waals surface area contributed by atoms with Gasteiger partial charge in [0, 0.05) is 25.8 Å². The van der Waals surface area contributed by atoms with Crippen LogP contribution in [0, 0.1) is 12.3 Å². The second-order valence-electron chi connectivity index (χ2n) is 6.88. The van der Waals surface area contributed by atoms with E-state index >= 15 is 0 Å². The molecule has 6 heteroatoms. The van der Waals surface area contributed by atoms with E-state index in [9.17, 15) is 14.7 Å². The number of aryl methyl sites for hydroxylation is 1. The molecule has 1 amide bonds. The van der Waals surface area contributed by atoms with Gasteiger partial charge in [-0.05, 0) is 36.8 Å². The van der Waals surface area contributed by atoms with E-state index < -0.39 is 11.4 Å². The predicted octanol–water partition coefficient (Wildman–Crippen LogP) is 3.68. The minimum atomic E-state index is -1.02. The Hall–Kier alpha value is -2.18. The van der Waals surface area contributed by atoms with Gasteiger partial charge in [0.25, 0.3) is 5.91 Å². The summed E-state index contributed by atoms with van der Waals surface area (Å²) in [6, 6.07) is 10.0. The number of thiophene rings is 1. The van der Waals surface area contributed by atoms with Gasteiger partial charge in [0.1, 0.15) is 5.41 Å². The smallest absolute Gasteiger partial charge is 0.313 e. The highest BCUT2D eigenvalue weighted by molar-refractivity contribution is 7.12. The number of carbonyl (C=O) groups is 2. The molecule has 0 radical (unpaired) electrons. The number of aliphatic carboxylic acids is 1. The van der Waals surface area contributed by atoms with E-state index in [1.165, 1.54) is 24.0 Å². The summed E-state index contributed by atoms with van der Waals surface area (Å²) < 4.78 is 5.15. The molecule has 1 aromatic carbocycles. The van der Waals surface area contributed by atoms with Gasteiger partial charge in [-0.25, -0.2) is 0 Å². The van der Waals surface area contributed by atoms with Crippen LogP contribution in [0.1, 0.15) is 28.1 Å². The molecule has 1 N–H and O–H groups in total. The van der Waals surface area contributed by atoms with Crippen molar-refractivity contribution in [1.29, 1.82) is 0 Å². The number of carbonyl (C=O) groups excluding carboxylic acids is 1. The molecule has 3 rings (SSSR count). The Balaban J connectivity index is 1.87. The maximum Gasteiger partial charge on any atom is 0.313 e.